The summed E-state index contributed by atoms with van der Waals surface area (Å²) in [6, 6.07) is 0. The first kappa shape index (κ1) is 12.3. The second-order valence-electron chi connectivity index (χ2n) is 5.74. The molecule has 16 heavy (non-hydrogen) atoms. The Morgan fingerprint density at radius 1 is 1.12 bits per heavy atom. The van der Waals surface area contributed by atoms with Gasteiger partial charge in [0.2, 0.25) is 0 Å². The van der Waals surface area contributed by atoms with Crippen LogP contribution in [0.15, 0.2) is 0 Å². The molecule has 1 heterocycles. The van der Waals surface area contributed by atoms with Gasteiger partial charge in [0.05, 0.1) is 17.8 Å². The van der Waals surface area contributed by atoms with E-state index in [1.54, 1.807) is 0 Å². The van der Waals surface area contributed by atoms with Gasteiger partial charge in [0.25, 0.3) is 0 Å². The Labute approximate surface area is 98.8 Å². The summed E-state index contributed by atoms with van der Waals surface area (Å²) in [5.74, 6) is 0. The summed E-state index contributed by atoms with van der Waals surface area (Å²) in [5.41, 5.74) is -0.422. The zero-order chi connectivity index (χ0) is 11.6. The molecule has 1 N–H and O–H groups in total. The summed E-state index contributed by atoms with van der Waals surface area (Å²) in [7, 11) is 0. The minimum Gasteiger partial charge on any atom is -0.389 e. The van der Waals surface area contributed by atoms with E-state index in [1.165, 1.54) is 19.3 Å². The molecule has 0 bridgehead atoms. The van der Waals surface area contributed by atoms with E-state index in [-0.39, 0.29) is 0 Å². The molecule has 2 rings (SSSR count). The third kappa shape index (κ3) is 3.19. The fourth-order valence-corrected chi connectivity index (χ4v) is 3.20. The van der Waals surface area contributed by atoms with Crippen molar-refractivity contribution in [3.63, 3.8) is 0 Å². The van der Waals surface area contributed by atoms with Crippen molar-refractivity contribution in [2.45, 2.75) is 63.8 Å². The van der Waals surface area contributed by atoms with E-state index >= 15 is 0 Å². The van der Waals surface area contributed by atoms with Gasteiger partial charge in [-0.05, 0) is 26.7 Å². The maximum atomic E-state index is 10.5. The predicted molar refractivity (Wildman–Crippen MR) is 64.5 cm³/mol. The molecule has 2 atom stereocenters. The molecular formula is C13H25NO2. The normalized spacial score (nSPS) is 36.2. The van der Waals surface area contributed by atoms with Gasteiger partial charge < -0.3 is 9.84 Å². The summed E-state index contributed by atoms with van der Waals surface area (Å²) in [5, 5.41) is 10.5. The zero-order valence-corrected chi connectivity index (χ0v) is 10.6. The summed E-state index contributed by atoms with van der Waals surface area (Å²) in [6.45, 7) is 7.01. The van der Waals surface area contributed by atoms with Crippen LogP contribution in [0.4, 0.5) is 0 Å². The highest BCUT2D eigenvalue weighted by Gasteiger charge is 2.33. The molecular weight excluding hydrogens is 202 g/mol. The number of rotatable bonds is 2. The third-order valence-corrected chi connectivity index (χ3v) is 3.80. The van der Waals surface area contributed by atoms with Gasteiger partial charge in [0.15, 0.2) is 0 Å². The maximum absolute atomic E-state index is 10.5. The van der Waals surface area contributed by atoms with Crippen molar-refractivity contribution in [3.05, 3.63) is 0 Å². The van der Waals surface area contributed by atoms with E-state index in [0.717, 1.165) is 32.5 Å². The molecule has 3 heteroatoms. The minimum absolute atomic E-state index is 0.302. The van der Waals surface area contributed by atoms with Gasteiger partial charge in [0, 0.05) is 19.6 Å². The van der Waals surface area contributed by atoms with Crippen LogP contribution in [-0.2, 0) is 4.74 Å². The van der Waals surface area contributed by atoms with Crippen LogP contribution >= 0.6 is 0 Å². The smallest absolute Gasteiger partial charge is 0.0774 e. The lowest BCUT2D eigenvalue weighted by Gasteiger charge is -2.41. The number of nitrogens with zero attached hydrogens (tertiary/aromatic N) is 1. The van der Waals surface area contributed by atoms with Crippen LogP contribution in [0.1, 0.15) is 46.0 Å². The molecule has 1 aliphatic carbocycles. The Morgan fingerprint density at radius 2 is 1.69 bits per heavy atom. The van der Waals surface area contributed by atoms with E-state index in [4.69, 9.17) is 4.74 Å². The average Bonchev–Trinajstić information content (AvgIpc) is 2.15. The monoisotopic (exact) mass is 227 g/mol. The summed E-state index contributed by atoms with van der Waals surface area (Å²) in [4.78, 5) is 2.38. The molecule has 2 unspecified atom stereocenters. The Bertz CT molecular complexity index is 216. The van der Waals surface area contributed by atoms with Crippen LogP contribution in [0, 0.1) is 0 Å². The second-order valence-corrected chi connectivity index (χ2v) is 5.74. The lowest BCUT2D eigenvalue weighted by molar-refractivity contribution is -0.0987. The van der Waals surface area contributed by atoms with E-state index in [9.17, 15) is 5.11 Å². The molecule has 1 aliphatic heterocycles. The van der Waals surface area contributed by atoms with Gasteiger partial charge in [-0.3, -0.25) is 4.90 Å². The van der Waals surface area contributed by atoms with E-state index in [2.05, 4.69) is 18.7 Å². The Hall–Kier alpha value is -0.120. The highest BCUT2D eigenvalue weighted by atomic mass is 16.5. The van der Waals surface area contributed by atoms with Crippen molar-refractivity contribution in [1.82, 2.24) is 4.90 Å². The van der Waals surface area contributed by atoms with Gasteiger partial charge in [-0.2, -0.15) is 0 Å². The Kier molecular flexibility index (Phi) is 3.88. The van der Waals surface area contributed by atoms with Crippen LogP contribution < -0.4 is 0 Å². The molecule has 3 nitrogen and oxygen atoms in total. The second kappa shape index (κ2) is 5.03. The first-order valence-electron chi connectivity index (χ1n) is 6.68. The lowest BCUT2D eigenvalue weighted by Crippen LogP contribution is -2.52. The van der Waals surface area contributed by atoms with Gasteiger partial charge in [0.1, 0.15) is 0 Å². The highest BCUT2D eigenvalue weighted by Crippen LogP contribution is 2.29. The number of ether oxygens (including phenoxy) is 1. The predicted octanol–water partition coefficient (Wildman–Crippen LogP) is 1.79. The van der Waals surface area contributed by atoms with Crippen LogP contribution in [0.5, 0.6) is 0 Å². The van der Waals surface area contributed by atoms with Crippen molar-refractivity contribution in [2.75, 3.05) is 19.6 Å². The zero-order valence-electron chi connectivity index (χ0n) is 10.6. The maximum Gasteiger partial charge on any atom is 0.0774 e. The highest BCUT2D eigenvalue weighted by molar-refractivity contribution is 4.87. The topological polar surface area (TPSA) is 32.7 Å². The quantitative estimate of drug-likeness (QED) is 0.780. The molecule has 0 aromatic carbocycles. The van der Waals surface area contributed by atoms with Crippen LogP contribution in [0.25, 0.3) is 0 Å². The average molecular weight is 227 g/mol. The van der Waals surface area contributed by atoms with Crippen LogP contribution in [0.3, 0.4) is 0 Å². The number of morpholine rings is 1. The lowest BCUT2D eigenvalue weighted by atomic mass is 9.84. The van der Waals surface area contributed by atoms with Gasteiger partial charge in [-0.1, -0.05) is 19.3 Å². The van der Waals surface area contributed by atoms with E-state index < -0.39 is 5.60 Å². The van der Waals surface area contributed by atoms with E-state index in [1.807, 2.05) is 0 Å². The summed E-state index contributed by atoms with van der Waals surface area (Å²) in [6.07, 6.45) is 6.22. The first-order valence-corrected chi connectivity index (χ1v) is 6.68. The van der Waals surface area contributed by atoms with Crippen LogP contribution in [-0.4, -0.2) is 47.4 Å². The van der Waals surface area contributed by atoms with Crippen molar-refractivity contribution in [1.29, 1.82) is 0 Å². The Balaban J connectivity index is 1.87. The fourth-order valence-electron chi connectivity index (χ4n) is 3.20. The SMILES string of the molecule is CC1CN(CC2(O)CCCCC2)CC(C)O1. The van der Waals surface area contributed by atoms with Crippen molar-refractivity contribution >= 4 is 0 Å². The molecule has 0 aromatic heterocycles. The molecule has 0 aromatic rings. The van der Waals surface area contributed by atoms with Gasteiger partial charge >= 0.3 is 0 Å². The third-order valence-electron chi connectivity index (χ3n) is 3.80. The molecule has 94 valence electrons. The molecule has 0 amide bonds. The van der Waals surface area contributed by atoms with Gasteiger partial charge in [-0.15, -0.1) is 0 Å². The fraction of sp³-hybridized carbons (Fsp3) is 1.00. The van der Waals surface area contributed by atoms with Crippen LogP contribution in [0.2, 0.25) is 0 Å². The molecule has 0 spiro atoms. The largest absolute Gasteiger partial charge is 0.389 e. The molecule has 1 saturated heterocycles. The summed E-state index contributed by atoms with van der Waals surface area (Å²) < 4.78 is 5.72. The van der Waals surface area contributed by atoms with Crippen molar-refractivity contribution in [3.8, 4) is 0 Å². The minimum atomic E-state index is -0.422. The number of β-amino-alcohol motifs (C(OH)–C–C–N with tert-alkyl or cyclic N) is 1. The van der Waals surface area contributed by atoms with E-state index in [0.29, 0.717) is 12.2 Å². The standard InChI is InChI=1S/C13H25NO2/c1-11-8-14(9-12(2)16-11)10-13(15)6-4-3-5-7-13/h11-12,15H,3-10H2,1-2H3. The number of hydrogen-bond donors (Lipinski definition) is 1. The number of hydrogen-bond acceptors (Lipinski definition) is 3. The summed E-state index contributed by atoms with van der Waals surface area (Å²) >= 11 is 0. The molecule has 1 saturated carbocycles. The molecule has 0 radical (unpaired) electrons. The Morgan fingerprint density at radius 3 is 2.25 bits per heavy atom. The number of aliphatic hydroxyl groups is 1. The van der Waals surface area contributed by atoms with Crippen molar-refractivity contribution in [2.24, 2.45) is 0 Å². The molecule has 2 aliphatic rings. The van der Waals surface area contributed by atoms with Crippen molar-refractivity contribution < 1.29 is 9.84 Å². The first-order chi connectivity index (χ1) is 7.57. The molecule has 2 fully saturated rings. The van der Waals surface area contributed by atoms with Gasteiger partial charge in [-0.25, -0.2) is 0 Å².